The molecule has 1 unspecified atom stereocenters. The summed E-state index contributed by atoms with van der Waals surface area (Å²) >= 11 is 0. The van der Waals surface area contributed by atoms with Crippen LogP contribution in [0.4, 0.5) is 13.2 Å². The Bertz CT molecular complexity index is 407. The third kappa shape index (κ3) is 3.35. The second-order valence-electron chi connectivity index (χ2n) is 3.26. The van der Waals surface area contributed by atoms with Crippen LogP contribution in [0.25, 0.3) is 0 Å². The van der Waals surface area contributed by atoms with E-state index in [1.54, 1.807) is 5.43 Å². The van der Waals surface area contributed by atoms with E-state index in [0.29, 0.717) is 0 Å². The van der Waals surface area contributed by atoms with Crippen LogP contribution in [0.15, 0.2) is 24.3 Å². The van der Waals surface area contributed by atoms with Gasteiger partial charge in [0.05, 0.1) is 5.56 Å². The number of halogens is 3. The molecule has 0 aliphatic carbocycles. The fourth-order valence-corrected chi connectivity index (χ4v) is 1.16. The van der Waals surface area contributed by atoms with E-state index in [9.17, 15) is 18.0 Å². The fourth-order valence-electron chi connectivity index (χ4n) is 1.16. The molecule has 17 heavy (non-hydrogen) atoms. The van der Waals surface area contributed by atoms with Crippen LogP contribution in [0.5, 0.6) is 5.75 Å². The average Bonchev–Trinajstić information content (AvgIpc) is 2.27. The van der Waals surface area contributed by atoms with Crippen LogP contribution in [-0.4, -0.2) is 12.0 Å². The van der Waals surface area contributed by atoms with Gasteiger partial charge in [0.15, 0.2) is 6.10 Å². The summed E-state index contributed by atoms with van der Waals surface area (Å²) < 4.78 is 42.6. The van der Waals surface area contributed by atoms with Crippen molar-refractivity contribution in [2.45, 2.75) is 19.2 Å². The van der Waals surface area contributed by atoms with E-state index in [1.165, 1.54) is 19.1 Å². The highest BCUT2D eigenvalue weighted by atomic mass is 19.4. The third-order valence-electron chi connectivity index (χ3n) is 2.01. The van der Waals surface area contributed by atoms with Crippen LogP contribution < -0.4 is 16.0 Å². The molecule has 94 valence electrons. The number of rotatable bonds is 3. The molecule has 1 aromatic carbocycles. The monoisotopic (exact) mass is 248 g/mol. The normalized spacial score (nSPS) is 13.0. The smallest absolute Gasteiger partial charge is 0.419 e. The van der Waals surface area contributed by atoms with Gasteiger partial charge in [-0.2, -0.15) is 13.2 Å². The molecule has 7 heteroatoms. The molecule has 4 nitrogen and oxygen atoms in total. The van der Waals surface area contributed by atoms with Crippen LogP contribution in [0.3, 0.4) is 0 Å². The molecule has 1 atom stereocenters. The number of nitrogens with one attached hydrogen (secondary N) is 1. The largest absolute Gasteiger partial charge is 0.480 e. The molecule has 0 saturated heterocycles. The molecule has 0 bridgehead atoms. The minimum absolute atomic E-state index is 0.406. The van der Waals surface area contributed by atoms with Gasteiger partial charge in [0, 0.05) is 0 Å². The van der Waals surface area contributed by atoms with E-state index < -0.39 is 29.5 Å². The summed E-state index contributed by atoms with van der Waals surface area (Å²) in [6.07, 6.45) is -5.64. The van der Waals surface area contributed by atoms with Gasteiger partial charge in [0.25, 0.3) is 5.91 Å². The number of carbonyl (C=O) groups excluding carboxylic acids is 1. The molecule has 1 aromatic rings. The van der Waals surface area contributed by atoms with Crippen LogP contribution in [0.1, 0.15) is 12.5 Å². The molecule has 0 radical (unpaired) electrons. The number of alkyl halides is 3. The summed E-state index contributed by atoms with van der Waals surface area (Å²) in [7, 11) is 0. The molecule has 3 N–H and O–H groups in total. The Hall–Kier alpha value is -1.76. The molecular weight excluding hydrogens is 237 g/mol. The molecule has 1 rings (SSSR count). The Kier molecular flexibility index (Phi) is 3.95. The SMILES string of the molecule is CC(Oc1ccccc1C(F)(F)F)C(=O)NN. The Morgan fingerprint density at radius 2 is 2.00 bits per heavy atom. The number of carbonyl (C=O) groups is 1. The first-order valence-corrected chi connectivity index (χ1v) is 4.69. The van der Waals surface area contributed by atoms with Crippen molar-refractivity contribution in [3.63, 3.8) is 0 Å². The van der Waals surface area contributed by atoms with Gasteiger partial charge < -0.3 is 4.74 Å². The van der Waals surface area contributed by atoms with Crippen molar-refractivity contribution in [2.24, 2.45) is 5.84 Å². The lowest BCUT2D eigenvalue weighted by molar-refractivity contribution is -0.140. The van der Waals surface area contributed by atoms with E-state index in [-0.39, 0.29) is 0 Å². The van der Waals surface area contributed by atoms with Gasteiger partial charge in [-0.3, -0.25) is 10.2 Å². The topological polar surface area (TPSA) is 64.3 Å². The molecule has 0 spiro atoms. The summed E-state index contributed by atoms with van der Waals surface area (Å²) in [6.45, 7) is 1.30. The maximum absolute atomic E-state index is 12.6. The molecule has 0 aliphatic rings. The second-order valence-corrected chi connectivity index (χ2v) is 3.26. The van der Waals surface area contributed by atoms with Crippen molar-refractivity contribution in [1.82, 2.24) is 5.43 Å². The zero-order valence-electron chi connectivity index (χ0n) is 8.91. The van der Waals surface area contributed by atoms with E-state index in [0.717, 1.165) is 12.1 Å². The summed E-state index contributed by atoms with van der Waals surface area (Å²) in [5.74, 6) is 3.74. The fraction of sp³-hybridized carbons (Fsp3) is 0.300. The Morgan fingerprint density at radius 3 is 2.53 bits per heavy atom. The minimum Gasteiger partial charge on any atom is -0.480 e. The standard InChI is InChI=1S/C10H11F3N2O2/c1-6(9(16)15-14)17-8-5-3-2-4-7(8)10(11,12)13/h2-6H,14H2,1H3,(H,15,16). The van der Waals surface area contributed by atoms with Crippen LogP contribution in [0.2, 0.25) is 0 Å². The van der Waals surface area contributed by atoms with Gasteiger partial charge in [-0.05, 0) is 19.1 Å². The number of amides is 1. The number of benzene rings is 1. The lowest BCUT2D eigenvalue weighted by Crippen LogP contribution is -2.40. The van der Waals surface area contributed by atoms with Crippen molar-refractivity contribution in [2.75, 3.05) is 0 Å². The van der Waals surface area contributed by atoms with Gasteiger partial charge in [-0.15, -0.1) is 0 Å². The maximum Gasteiger partial charge on any atom is 0.419 e. The lowest BCUT2D eigenvalue weighted by Gasteiger charge is -2.17. The first kappa shape index (κ1) is 13.3. The van der Waals surface area contributed by atoms with Crippen LogP contribution >= 0.6 is 0 Å². The van der Waals surface area contributed by atoms with E-state index in [1.807, 2.05) is 0 Å². The van der Waals surface area contributed by atoms with Gasteiger partial charge in [0.1, 0.15) is 5.75 Å². The van der Waals surface area contributed by atoms with Crippen molar-refractivity contribution in [3.05, 3.63) is 29.8 Å². The van der Waals surface area contributed by atoms with Crippen molar-refractivity contribution >= 4 is 5.91 Å². The van der Waals surface area contributed by atoms with Crippen molar-refractivity contribution in [3.8, 4) is 5.75 Å². The predicted molar refractivity (Wildman–Crippen MR) is 53.9 cm³/mol. The van der Waals surface area contributed by atoms with Crippen LogP contribution in [0, 0.1) is 0 Å². The predicted octanol–water partition coefficient (Wildman–Crippen LogP) is 1.46. The first-order chi connectivity index (χ1) is 7.86. The molecule has 0 aromatic heterocycles. The zero-order valence-corrected chi connectivity index (χ0v) is 8.91. The van der Waals surface area contributed by atoms with Gasteiger partial charge in [-0.25, -0.2) is 5.84 Å². The van der Waals surface area contributed by atoms with E-state index in [4.69, 9.17) is 10.6 Å². The molecule has 0 fully saturated rings. The quantitative estimate of drug-likeness (QED) is 0.483. The molecule has 0 saturated carbocycles. The number of para-hydroxylation sites is 1. The summed E-state index contributed by atoms with van der Waals surface area (Å²) in [5.41, 5.74) is 0.864. The Labute approximate surface area is 95.5 Å². The molecule has 0 aliphatic heterocycles. The summed E-state index contributed by atoms with van der Waals surface area (Å²) in [6, 6.07) is 4.65. The van der Waals surface area contributed by atoms with E-state index in [2.05, 4.69) is 0 Å². The number of nitrogens with two attached hydrogens (primary N) is 1. The second kappa shape index (κ2) is 5.05. The number of ether oxygens (including phenoxy) is 1. The highest BCUT2D eigenvalue weighted by Crippen LogP contribution is 2.36. The lowest BCUT2D eigenvalue weighted by atomic mass is 10.2. The van der Waals surface area contributed by atoms with Gasteiger partial charge in [-0.1, -0.05) is 12.1 Å². The third-order valence-corrected chi connectivity index (χ3v) is 2.01. The van der Waals surface area contributed by atoms with Gasteiger partial charge >= 0.3 is 6.18 Å². The summed E-state index contributed by atoms with van der Waals surface area (Å²) in [5, 5.41) is 0. The maximum atomic E-state index is 12.6. The van der Waals surface area contributed by atoms with Gasteiger partial charge in [0.2, 0.25) is 0 Å². The minimum atomic E-state index is -4.53. The van der Waals surface area contributed by atoms with Crippen molar-refractivity contribution in [1.29, 1.82) is 0 Å². The number of hydrogen-bond acceptors (Lipinski definition) is 3. The molecule has 0 heterocycles. The highest BCUT2D eigenvalue weighted by molar-refractivity contribution is 5.80. The molecule has 1 amide bonds. The van der Waals surface area contributed by atoms with E-state index >= 15 is 0 Å². The summed E-state index contributed by atoms with van der Waals surface area (Å²) in [4.78, 5) is 11.0. The zero-order chi connectivity index (χ0) is 13.1. The Balaban J connectivity index is 2.95. The highest BCUT2D eigenvalue weighted by Gasteiger charge is 2.34. The number of hydrazine groups is 1. The average molecular weight is 248 g/mol. The Morgan fingerprint density at radius 1 is 1.41 bits per heavy atom. The number of hydrogen-bond donors (Lipinski definition) is 2. The van der Waals surface area contributed by atoms with Crippen molar-refractivity contribution < 1.29 is 22.7 Å². The van der Waals surface area contributed by atoms with Crippen LogP contribution in [-0.2, 0) is 11.0 Å². The molecular formula is C10H11F3N2O2. The first-order valence-electron chi connectivity index (χ1n) is 4.69.